The molecule has 2 heterocycles. The minimum Gasteiger partial charge on any atom is -0.510 e. The summed E-state index contributed by atoms with van der Waals surface area (Å²) in [6.07, 6.45) is 0. The Morgan fingerprint density at radius 1 is 1.13 bits per heavy atom. The normalized spacial score (nSPS) is 13.8. The van der Waals surface area contributed by atoms with E-state index in [1.165, 1.54) is 11.3 Å². The number of rotatable bonds is 6. The fraction of sp³-hybridized carbons (Fsp3) is 0.182. The van der Waals surface area contributed by atoms with E-state index in [0.717, 1.165) is 16.8 Å². The number of thiazole rings is 1. The van der Waals surface area contributed by atoms with E-state index < -0.39 is 0 Å². The Morgan fingerprint density at radius 3 is 2.61 bits per heavy atom. The molecule has 3 aromatic rings. The van der Waals surface area contributed by atoms with Gasteiger partial charge in [0.05, 0.1) is 32.0 Å². The van der Waals surface area contributed by atoms with Crippen molar-refractivity contribution < 1.29 is 14.6 Å². The number of amidine groups is 1. The highest BCUT2D eigenvalue weighted by Crippen LogP contribution is 2.36. The highest BCUT2D eigenvalue weighted by atomic mass is 35.5. The molecule has 0 unspecified atom stereocenters. The fourth-order valence-electron chi connectivity index (χ4n) is 3.37. The largest absolute Gasteiger partial charge is 0.510 e. The minimum absolute atomic E-state index is 0.114. The van der Waals surface area contributed by atoms with Crippen LogP contribution >= 0.6 is 34.5 Å². The summed E-state index contributed by atoms with van der Waals surface area (Å²) < 4.78 is 10.7. The molecule has 1 aliphatic heterocycles. The van der Waals surface area contributed by atoms with Gasteiger partial charge in [-0.3, -0.25) is 5.41 Å². The van der Waals surface area contributed by atoms with Gasteiger partial charge in [0, 0.05) is 27.5 Å². The van der Waals surface area contributed by atoms with Crippen LogP contribution in [0.5, 0.6) is 11.5 Å². The van der Waals surface area contributed by atoms with Gasteiger partial charge in [0.25, 0.3) is 0 Å². The first-order chi connectivity index (χ1) is 14.9. The van der Waals surface area contributed by atoms with Crippen molar-refractivity contribution in [3.8, 4) is 22.8 Å². The number of nitrogens with zero attached hydrogens (tertiary/aromatic N) is 2. The van der Waals surface area contributed by atoms with E-state index in [1.807, 2.05) is 29.6 Å². The second kappa shape index (κ2) is 8.78. The van der Waals surface area contributed by atoms with Crippen LogP contribution < -0.4 is 9.47 Å². The first-order valence-corrected chi connectivity index (χ1v) is 10.9. The second-order valence-electron chi connectivity index (χ2n) is 6.87. The van der Waals surface area contributed by atoms with Crippen LogP contribution in [0.4, 0.5) is 0 Å². The average molecular weight is 476 g/mol. The van der Waals surface area contributed by atoms with Gasteiger partial charge >= 0.3 is 0 Å². The van der Waals surface area contributed by atoms with E-state index in [9.17, 15) is 5.11 Å². The van der Waals surface area contributed by atoms with Crippen LogP contribution in [0, 0.1) is 5.41 Å². The lowest BCUT2D eigenvalue weighted by Crippen LogP contribution is -2.26. The molecule has 0 amide bonds. The molecule has 0 fully saturated rings. The second-order valence-corrected chi connectivity index (χ2v) is 8.57. The topological polar surface area (TPSA) is 78.7 Å². The predicted molar refractivity (Wildman–Crippen MR) is 125 cm³/mol. The van der Waals surface area contributed by atoms with E-state index in [0.29, 0.717) is 38.7 Å². The van der Waals surface area contributed by atoms with Crippen LogP contribution in [-0.2, 0) is 6.54 Å². The average Bonchev–Trinajstić information content (AvgIpc) is 3.34. The maximum Gasteiger partial charge on any atom is 0.161 e. The number of benzene rings is 2. The Labute approximate surface area is 193 Å². The molecule has 0 aliphatic carbocycles. The molecule has 2 aromatic carbocycles. The summed E-state index contributed by atoms with van der Waals surface area (Å²) in [7, 11) is 3.17. The Kier molecular flexibility index (Phi) is 6.09. The van der Waals surface area contributed by atoms with Gasteiger partial charge in [0.1, 0.15) is 16.6 Å². The standard InChI is InChI=1S/C22H19Cl2N3O3S/c1-29-18-6-4-12(7-19(18)30-2)16-11-31-22(26-16)20-17(28)10-27(21(20)25)9-13-3-5-14(23)8-15(13)24/h3-8,11,25,28H,9-10H2,1-2H3. The molecule has 1 aromatic heterocycles. The summed E-state index contributed by atoms with van der Waals surface area (Å²) in [5, 5.41) is 22.7. The number of aliphatic hydroxyl groups is 1. The fourth-order valence-corrected chi connectivity index (χ4v) is 4.73. The zero-order chi connectivity index (χ0) is 22.1. The molecule has 160 valence electrons. The number of hydrogen-bond acceptors (Lipinski definition) is 6. The zero-order valence-corrected chi connectivity index (χ0v) is 19.1. The van der Waals surface area contributed by atoms with E-state index in [4.69, 9.17) is 38.1 Å². The Bertz CT molecular complexity index is 1190. The molecule has 1 aliphatic rings. The third kappa shape index (κ3) is 4.21. The maximum absolute atomic E-state index is 10.6. The lowest BCUT2D eigenvalue weighted by atomic mass is 10.1. The van der Waals surface area contributed by atoms with Crippen LogP contribution in [-0.4, -0.2) is 41.6 Å². The van der Waals surface area contributed by atoms with E-state index in [2.05, 4.69) is 4.98 Å². The summed E-state index contributed by atoms with van der Waals surface area (Å²) in [5.74, 6) is 1.56. The van der Waals surface area contributed by atoms with Crippen molar-refractivity contribution in [2.75, 3.05) is 20.8 Å². The van der Waals surface area contributed by atoms with Crippen LogP contribution in [0.25, 0.3) is 16.8 Å². The number of aromatic nitrogens is 1. The van der Waals surface area contributed by atoms with Crippen molar-refractivity contribution >= 4 is 45.9 Å². The van der Waals surface area contributed by atoms with Crippen LogP contribution in [0.2, 0.25) is 10.0 Å². The van der Waals surface area contributed by atoms with E-state index in [1.54, 1.807) is 31.3 Å². The lowest BCUT2D eigenvalue weighted by molar-refractivity contribution is 0.347. The molecule has 0 saturated carbocycles. The molecule has 0 spiro atoms. The van der Waals surface area contributed by atoms with Gasteiger partial charge in [-0.25, -0.2) is 4.98 Å². The molecule has 2 N–H and O–H groups in total. The molecule has 4 rings (SSSR count). The third-order valence-electron chi connectivity index (χ3n) is 4.96. The zero-order valence-electron chi connectivity index (χ0n) is 16.8. The number of halogens is 2. The molecule has 9 heteroatoms. The molecule has 0 atom stereocenters. The Balaban J connectivity index is 1.57. The molecule has 0 radical (unpaired) electrons. The van der Waals surface area contributed by atoms with Gasteiger partial charge in [0.15, 0.2) is 11.5 Å². The third-order valence-corrected chi connectivity index (χ3v) is 6.40. The molecular formula is C22H19Cl2N3O3S. The molecule has 6 nitrogen and oxygen atoms in total. The summed E-state index contributed by atoms with van der Waals surface area (Å²) in [6, 6.07) is 10.8. The highest BCUT2D eigenvalue weighted by Gasteiger charge is 2.30. The minimum atomic E-state index is 0.114. The van der Waals surface area contributed by atoms with Gasteiger partial charge in [-0.15, -0.1) is 11.3 Å². The predicted octanol–water partition coefficient (Wildman–Crippen LogP) is 5.90. The van der Waals surface area contributed by atoms with Gasteiger partial charge in [-0.1, -0.05) is 29.3 Å². The Hall–Kier alpha value is -2.74. The maximum atomic E-state index is 10.6. The highest BCUT2D eigenvalue weighted by molar-refractivity contribution is 7.11. The summed E-state index contributed by atoms with van der Waals surface area (Å²) >= 11 is 13.6. The number of ether oxygens (including phenoxy) is 2. The smallest absolute Gasteiger partial charge is 0.161 e. The van der Waals surface area contributed by atoms with Gasteiger partial charge in [-0.05, 0) is 35.9 Å². The number of nitrogens with one attached hydrogen (secondary N) is 1. The first-order valence-electron chi connectivity index (χ1n) is 9.29. The first kappa shape index (κ1) is 21.5. The summed E-state index contributed by atoms with van der Waals surface area (Å²) in [6.45, 7) is 0.606. The number of methoxy groups -OCH3 is 2. The molecule has 0 bridgehead atoms. The van der Waals surface area contributed by atoms with Crippen molar-refractivity contribution in [1.82, 2.24) is 9.88 Å². The van der Waals surface area contributed by atoms with Crippen LogP contribution in [0.1, 0.15) is 10.6 Å². The SMILES string of the molecule is COc1ccc(-c2csc(C3=C(O)CN(Cc4ccc(Cl)cc4Cl)C3=N)n2)cc1OC. The number of hydrogen-bond donors (Lipinski definition) is 2. The quantitative estimate of drug-likeness (QED) is 0.464. The van der Waals surface area contributed by atoms with Crippen molar-refractivity contribution in [2.45, 2.75) is 6.54 Å². The van der Waals surface area contributed by atoms with Crippen molar-refractivity contribution in [1.29, 1.82) is 5.41 Å². The van der Waals surface area contributed by atoms with E-state index in [-0.39, 0.29) is 18.1 Å². The van der Waals surface area contributed by atoms with Crippen LogP contribution in [0.15, 0.2) is 47.5 Å². The summed E-state index contributed by atoms with van der Waals surface area (Å²) in [4.78, 5) is 6.41. The van der Waals surface area contributed by atoms with Gasteiger partial charge in [0.2, 0.25) is 0 Å². The molecule has 31 heavy (non-hydrogen) atoms. The van der Waals surface area contributed by atoms with Crippen molar-refractivity contribution in [3.63, 3.8) is 0 Å². The van der Waals surface area contributed by atoms with Gasteiger partial charge in [-0.2, -0.15) is 0 Å². The lowest BCUT2D eigenvalue weighted by Gasteiger charge is -2.19. The van der Waals surface area contributed by atoms with Gasteiger partial charge < -0.3 is 19.5 Å². The monoisotopic (exact) mass is 475 g/mol. The molecular weight excluding hydrogens is 457 g/mol. The van der Waals surface area contributed by atoms with Crippen molar-refractivity contribution in [2.24, 2.45) is 0 Å². The summed E-state index contributed by atoms with van der Waals surface area (Å²) in [5.41, 5.74) is 2.85. The number of aliphatic hydroxyl groups excluding tert-OH is 1. The Morgan fingerprint density at radius 2 is 1.90 bits per heavy atom. The van der Waals surface area contributed by atoms with Crippen molar-refractivity contribution in [3.05, 3.63) is 68.2 Å². The van der Waals surface area contributed by atoms with E-state index >= 15 is 0 Å². The molecule has 0 saturated heterocycles. The van der Waals surface area contributed by atoms with Crippen LogP contribution in [0.3, 0.4) is 0 Å².